The molecule has 1 atom stereocenters. The van der Waals surface area contributed by atoms with Crippen molar-refractivity contribution in [2.24, 2.45) is 5.92 Å². The predicted octanol–water partition coefficient (Wildman–Crippen LogP) is 2.86. The van der Waals surface area contributed by atoms with Crippen LogP contribution in [0.4, 0.5) is 0 Å². The van der Waals surface area contributed by atoms with E-state index in [2.05, 4.69) is 5.32 Å². The van der Waals surface area contributed by atoms with Crippen LogP contribution in [0.25, 0.3) is 0 Å². The maximum absolute atomic E-state index is 12.6. The highest BCUT2D eigenvalue weighted by Gasteiger charge is 2.41. The summed E-state index contributed by atoms with van der Waals surface area (Å²) in [7, 11) is 1.64. The number of esters is 1. The standard InChI is InChI=1S/C17H25NO3/c1-4-17(16(19)21-5-2,18-12-13-6-7-13)14-8-10-15(20-3)11-9-14/h8-11,13,18H,4-7,12H2,1-3H3. The van der Waals surface area contributed by atoms with E-state index in [-0.39, 0.29) is 5.97 Å². The smallest absolute Gasteiger partial charge is 0.330 e. The predicted molar refractivity (Wildman–Crippen MR) is 82.3 cm³/mol. The second-order valence-electron chi connectivity index (χ2n) is 5.53. The van der Waals surface area contributed by atoms with Gasteiger partial charge in [0, 0.05) is 0 Å². The largest absolute Gasteiger partial charge is 0.497 e. The summed E-state index contributed by atoms with van der Waals surface area (Å²) in [5.74, 6) is 1.29. The molecule has 1 aromatic rings. The number of ether oxygens (including phenoxy) is 2. The Morgan fingerprint density at radius 3 is 2.43 bits per heavy atom. The highest BCUT2D eigenvalue weighted by Crippen LogP contribution is 2.32. The second-order valence-corrected chi connectivity index (χ2v) is 5.53. The van der Waals surface area contributed by atoms with Gasteiger partial charge in [0.15, 0.2) is 0 Å². The van der Waals surface area contributed by atoms with Gasteiger partial charge in [-0.05, 0) is 56.3 Å². The lowest BCUT2D eigenvalue weighted by atomic mass is 9.86. The summed E-state index contributed by atoms with van der Waals surface area (Å²) in [5, 5.41) is 3.47. The highest BCUT2D eigenvalue weighted by atomic mass is 16.5. The maximum Gasteiger partial charge on any atom is 0.330 e. The lowest BCUT2D eigenvalue weighted by molar-refractivity contribution is -0.152. The number of methoxy groups -OCH3 is 1. The van der Waals surface area contributed by atoms with Crippen molar-refractivity contribution in [1.29, 1.82) is 0 Å². The molecule has 0 spiro atoms. The molecule has 0 heterocycles. The van der Waals surface area contributed by atoms with Crippen LogP contribution in [0.3, 0.4) is 0 Å². The van der Waals surface area contributed by atoms with Crippen LogP contribution in [0.1, 0.15) is 38.7 Å². The molecule has 4 nitrogen and oxygen atoms in total. The first kappa shape index (κ1) is 15.8. The summed E-state index contributed by atoms with van der Waals surface area (Å²) < 4.78 is 10.5. The third-order valence-corrected chi connectivity index (χ3v) is 4.13. The summed E-state index contributed by atoms with van der Waals surface area (Å²) in [6, 6.07) is 7.66. The van der Waals surface area contributed by atoms with Gasteiger partial charge in [0.2, 0.25) is 0 Å². The van der Waals surface area contributed by atoms with E-state index >= 15 is 0 Å². The quantitative estimate of drug-likeness (QED) is 0.748. The van der Waals surface area contributed by atoms with Gasteiger partial charge >= 0.3 is 5.97 Å². The van der Waals surface area contributed by atoms with Crippen LogP contribution in [0.2, 0.25) is 0 Å². The zero-order valence-corrected chi connectivity index (χ0v) is 13.1. The van der Waals surface area contributed by atoms with Gasteiger partial charge in [-0.1, -0.05) is 19.1 Å². The van der Waals surface area contributed by atoms with Crippen LogP contribution in [0.5, 0.6) is 5.75 Å². The molecule has 1 N–H and O–H groups in total. The van der Waals surface area contributed by atoms with Crippen molar-refractivity contribution in [3.8, 4) is 5.75 Å². The van der Waals surface area contributed by atoms with E-state index in [1.165, 1.54) is 12.8 Å². The zero-order chi connectivity index (χ0) is 15.3. The molecule has 1 aliphatic rings. The van der Waals surface area contributed by atoms with E-state index in [0.29, 0.717) is 18.9 Å². The van der Waals surface area contributed by atoms with Crippen molar-refractivity contribution < 1.29 is 14.3 Å². The molecule has 1 aromatic carbocycles. The topological polar surface area (TPSA) is 47.6 Å². The van der Waals surface area contributed by atoms with E-state index in [4.69, 9.17) is 9.47 Å². The van der Waals surface area contributed by atoms with E-state index in [1.807, 2.05) is 38.1 Å². The molecule has 0 aliphatic heterocycles. The van der Waals surface area contributed by atoms with E-state index in [0.717, 1.165) is 17.9 Å². The van der Waals surface area contributed by atoms with Crippen molar-refractivity contribution in [2.75, 3.05) is 20.3 Å². The molecular weight excluding hydrogens is 266 g/mol. The Morgan fingerprint density at radius 2 is 1.95 bits per heavy atom. The molecule has 2 rings (SSSR count). The first-order valence-electron chi connectivity index (χ1n) is 7.73. The van der Waals surface area contributed by atoms with Gasteiger partial charge in [-0.3, -0.25) is 5.32 Å². The molecule has 1 fully saturated rings. The van der Waals surface area contributed by atoms with Crippen molar-refractivity contribution >= 4 is 5.97 Å². The first-order chi connectivity index (χ1) is 10.2. The third kappa shape index (κ3) is 3.56. The molecule has 1 aliphatic carbocycles. The van der Waals surface area contributed by atoms with Crippen molar-refractivity contribution in [3.63, 3.8) is 0 Å². The highest BCUT2D eigenvalue weighted by molar-refractivity contribution is 5.82. The first-order valence-corrected chi connectivity index (χ1v) is 7.73. The van der Waals surface area contributed by atoms with Gasteiger partial charge in [-0.15, -0.1) is 0 Å². The van der Waals surface area contributed by atoms with Gasteiger partial charge in [-0.25, -0.2) is 4.79 Å². The minimum absolute atomic E-state index is 0.196. The van der Waals surface area contributed by atoms with Gasteiger partial charge < -0.3 is 9.47 Å². The maximum atomic E-state index is 12.6. The fourth-order valence-electron chi connectivity index (χ4n) is 2.54. The normalized spacial score (nSPS) is 17.1. The van der Waals surface area contributed by atoms with E-state index in [1.54, 1.807) is 7.11 Å². The average Bonchev–Trinajstić information content (AvgIpc) is 3.33. The Labute approximate surface area is 126 Å². The van der Waals surface area contributed by atoms with Crippen LogP contribution in [-0.4, -0.2) is 26.2 Å². The summed E-state index contributed by atoms with van der Waals surface area (Å²) in [6.07, 6.45) is 3.15. The van der Waals surface area contributed by atoms with Gasteiger partial charge in [0.05, 0.1) is 13.7 Å². The van der Waals surface area contributed by atoms with Gasteiger partial charge in [0.25, 0.3) is 0 Å². The van der Waals surface area contributed by atoms with E-state index in [9.17, 15) is 4.79 Å². The Bertz CT molecular complexity index is 467. The fourth-order valence-corrected chi connectivity index (χ4v) is 2.54. The second kappa shape index (κ2) is 6.94. The monoisotopic (exact) mass is 291 g/mol. The lowest BCUT2D eigenvalue weighted by Gasteiger charge is -2.32. The molecular formula is C17H25NO3. The Morgan fingerprint density at radius 1 is 1.29 bits per heavy atom. The molecule has 21 heavy (non-hydrogen) atoms. The van der Waals surface area contributed by atoms with Gasteiger partial charge in [0.1, 0.15) is 11.3 Å². The Kier molecular flexibility index (Phi) is 5.23. The molecule has 0 amide bonds. The molecule has 0 bridgehead atoms. The fraction of sp³-hybridized carbons (Fsp3) is 0.588. The minimum Gasteiger partial charge on any atom is -0.497 e. The Balaban J connectivity index is 2.27. The van der Waals surface area contributed by atoms with Crippen molar-refractivity contribution in [1.82, 2.24) is 5.32 Å². The van der Waals surface area contributed by atoms with Crippen molar-refractivity contribution in [2.45, 2.75) is 38.6 Å². The zero-order valence-electron chi connectivity index (χ0n) is 13.1. The number of benzene rings is 1. The summed E-state index contributed by atoms with van der Waals surface area (Å²) in [4.78, 5) is 12.6. The summed E-state index contributed by atoms with van der Waals surface area (Å²) >= 11 is 0. The number of hydrogen-bond acceptors (Lipinski definition) is 4. The lowest BCUT2D eigenvalue weighted by Crippen LogP contribution is -2.50. The van der Waals surface area contributed by atoms with Crippen LogP contribution >= 0.6 is 0 Å². The number of hydrogen-bond donors (Lipinski definition) is 1. The molecule has 0 saturated heterocycles. The van der Waals surface area contributed by atoms with Crippen LogP contribution in [0, 0.1) is 5.92 Å². The summed E-state index contributed by atoms with van der Waals surface area (Å²) in [5.41, 5.74) is 0.176. The number of nitrogens with one attached hydrogen (secondary N) is 1. The number of carbonyl (C=O) groups is 1. The average molecular weight is 291 g/mol. The number of carbonyl (C=O) groups excluding carboxylic acids is 1. The molecule has 0 radical (unpaired) electrons. The Hall–Kier alpha value is -1.55. The van der Waals surface area contributed by atoms with Crippen LogP contribution in [0.15, 0.2) is 24.3 Å². The van der Waals surface area contributed by atoms with E-state index < -0.39 is 5.54 Å². The third-order valence-electron chi connectivity index (χ3n) is 4.13. The molecule has 0 aromatic heterocycles. The SMILES string of the molecule is CCOC(=O)C(CC)(NCC1CC1)c1ccc(OC)cc1. The van der Waals surface area contributed by atoms with Crippen molar-refractivity contribution in [3.05, 3.63) is 29.8 Å². The minimum atomic E-state index is -0.759. The van der Waals surface area contributed by atoms with Crippen LogP contribution in [-0.2, 0) is 15.1 Å². The molecule has 1 unspecified atom stereocenters. The van der Waals surface area contributed by atoms with Gasteiger partial charge in [-0.2, -0.15) is 0 Å². The molecule has 116 valence electrons. The number of rotatable bonds is 8. The summed E-state index contributed by atoms with van der Waals surface area (Å²) in [6.45, 7) is 5.11. The molecule has 4 heteroatoms. The molecule has 1 saturated carbocycles. The van der Waals surface area contributed by atoms with Crippen LogP contribution < -0.4 is 10.1 Å².